The molecule has 2 aliphatic rings. The zero-order chi connectivity index (χ0) is 19.5. The molecule has 0 spiro atoms. The van der Waals surface area contributed by atoms with Crippen LogP contribution in [-0.4, -0.2) is 80.6 Å². The second-order valence-electron chi connectivity index (χ2n) is 7.78. The van der Waals surface area contributed by atoms with E-state index in [9.17, 15) is 9.90 Å². The number of nitrogens with zero attached hydrogens (tertiary/aromatic N) is 2. The summed E-state index contributed by atoms with van der Waals surface area (Å²) in [5.74, 6) is 0.724. The maximum Gasteiger partial charge on any atom is 0.253 e. The molecule has 2 heterocycles. The molecular formula is C20H31N3O4. The monoisotopic (exact) mass is 377 g/mol. The molecule has 1 aromatic rings. The van der Waals surface area contributed by atoms with Gasteiger partial charge < -0.3 is 24.8 Å². The molecule has 2 saturated heterocycles. The molecule has 7 heteroatoms. The zero-order valence-corrected chi connectivity index (χ0v) is 16.5. The first-order valence-corrected chi connectivity index (χ1v) is 9.57. The summed E-state index contributed by atoms with van der Waals surface area (Å²) in [6.07, 6.45) is 1.39. The summed E-state index contributed by atoms with van der Waals surface area (Å²) < 4.78 is 11.0. The predicted octanol–water partition coefficient (Wildman–Crippen LogP) is 0.863. The Labute approximate surface area is 161 Å². The molecule has 0 radical (unpaired) electrons. The van der Waals surface area contributed by atoms with Gasteiger partial charge in [0.15, 0.2) is 5.60 Å². The third-order valence-corrected chi connectivity index (χ3v) is 5.69. The van der Waals surface area contributed by atoms with Crippen LogP contribution in [-0.2, 0) is 9.53 Å². The molecular weight excluding hydrogens is 346 g/mol. The number of carbonyl (C=O) groups excluding carboxylic acids is 1. The maximum atomic E-state index is 12.1. The highest BCUT2D eigenvalue weighted by atomic mass is 16.5. The van der Waals surface area contributed by atoms with Gasteiger partial charge >= 0.3 is 0 Å². The largest absolute Gasteiger partial charge is 0.497 e. The minimum atomic E-state index is -0.856. The molecule has 150 valence electrons. The molecule has 0 bridgehead atoms. The SMILES string of the molecule is CNC(=O)[C@]1(C)CN(CC2(O)CCN(c3cccc(OC)c3)CC2)CCO1. The van der Waals surface area contributed by atoms with E-state index in [2.05, 4.69) is 21.2 Å². The number of amides is 1. The Morgan fingerprint density at radius 3 is 2.74 bits per heavy atom. The molecule has 2 aliphatic heterocycles. The molecule has 2 fully saturated rings. The molecule has 0 aromatic heterocycles. The van der Waals surface area contributed by atoms with Crippen molar-refractivity contribution in [1.82, 2.24) is 10.2 Å². The van der Waals surface area contributed by atoms with E-state index in [1.807, 2.05) is 25.1 Å². The highest BCUT2D eigenvalue weighted by Crippen LogP contribution is 2.30. The van der Waals surface area contributed by atoms with Crippen molar-refractivity contribution in [2.24, 2.45) is 0 Å². The highest BCUT2D eigenvalue weighted by Gasteiger charge is 2.42. The Balaban J connectivity index is 1.58. The van der Waals surface area contributed by atoms with Crippen molar-refractivity contribution in [2.75, 3.05) is 58.4 Å². The lowest BCUT2D eigenvalue weighted by molar-refractivity contribution is -0.159. The van der Waals surface area contributed by atoms with Crippen molar-refractivity contribution in [3.63, 3.8) is 0 Å². The van der Waals surface area contributed by atoms with Gasteiger partial charge in [0.05, 0.1) is 19.3 Å². The zero-order valence-electron chi connectivity index (χ0n) is 16.5. The van der Waals surface area contributed by atoms with Crippen molar-refractivity contribution < 1.29 is 19.4 Å². The van der Waals surface area contributed by atoms with Crippen molar-refractivity contribution >= 4 is 11.6 Å². The van der Waals surface area contributed by atoms with Crippen molar-refractivity contribution in [2.45, 2.75) is 31.0 Å². The fourth-order valence-corrected chi connectivity index (χ4v) is 4.05. The number of nitrogens with one attached hydrogen (secondary N) is 1. The average molecular weight is 377 g/mol. The summed E-state index contributed by atoms with van der Waals surface area (Å²) in [6, 6.07) is 8.03. The number of β-amino-alcohol motifs (C(OH)–C–C–N with tert-alkyl or cyclic N) is 1. The molecule has 0 saturated carbocycles. The molecule has 3 rings (SSSR count). The highest BCUT2D eigenvalue weighted by molar-refractivity contribution is 5.84. The number of methoxy groups -OCH3 is 1. The third kappa shape index (κ3) is 4.54. The number of likely N-dealkylation sites (N-methyl/N-ethyl adjacent to an activating group) is 1. The topological polar surface area (TPSA) is 74.3 Å². The minimum Gasteiger partial charge on any atom is -0.497 e. The van der Waals surface area contributed by atoms with Gasteiger partial charge in [0.25, 0.3) is 5.91 Å². The Hall–Kier alpha value is -1.83. The quantitative estimate of drug-likeness (QED) is 0.793. The van der Waals surface area contributed by atoms with Crippen LogP contribution in [0.1, 0.15) is 19.8 Å². The van der Waals surface area contributed by atoms with Crippen molar-refractivity contribution in [3.8, 4) is 5.75 Å². The van der Waals surface area contributed by atoms with E-state index in [0.29, 0.717) is 32.5 Å². The van der Waals surface area contributed by atoms with E-state index in [1.165, 1.54) is 0 Å². The Morgan fingerprint density at radius 1 is 1.33 bits per heavy atom. The molecule has 27 heavy (non-hydrogen) atoms. The van der Waals surface area contributed by atoms with Gasteiger partial charge in [0.2, 0.25) is 0 Å². The Morgan fingerprint density at radius 2 is 2.07 bits per heavy atom. The van der Waals surface area contributed by atoms with Crippen LogP contribution < -0.4 is 15.0 Å². The summed E-state index contributed by atoms with van der Waals surface area (Å²) in [7, 11) is 3.29. The number of benzene rings is 1. The number of carbonyl (C=O) groups is 1. The first kappa shape index (κ1) is 19.9. The van der Waals surface area contributed by atoms with Gasteiger partial charge in [-0.1, -0.05) is 6.07 Å². The summed E-state index contributed by atoms with van der Waals surface area (Å²) in [5, 5.41) is 13.8. The molecule has 7 nitrogen and oxygen atoms in total. The lowest BCUT2D eigenvalue weighted by Gasteiger charge is -2.45. The Kier molecular flexibility index (Phi) is 5.93. The second-order valence-corrected chi connectivity index (χ2v) is 7.78. The van der Waals surface area contributed by atoms with Gasteiger partial charge in [-0.15, -0.1) is 0 Å². The molecule has 1 amide bonds. The summed E-state index contributed by atoms with van der Waals surface area (Å²) in [5.41, 5.74) is -0.476. The summed E-state index contributed by atoms with van der Waals surface area (Å²) in [4.78, 5) is 16.6. The molecule has 1 aromatic carbocycles. The molecule has 0 aliphatic carbocycles. The fraction of sp³-hybridized carbons (Fsp3) is 0.650. The van der Waals surface area contributed by atoms with Crippen LogP contribution >= 0.6 is 0 Å². The van der Waals surface area contributed by atoms with Gasteiger partial charge in [-0.3, -0.25) is 9.69 Å². The smallest absolute Gasteiger partial charge is 0.253 e. The van der Waals surface area contributed by atoms with Crippen LogP contribution in [0.15, 0.2) is 24.3 Å². The standard InChI is InChI=1S/C20H31N3O4/c1-19(18(24)21-2)14-22(11-12-27-19)15-20(25)7-9-23(10-8-20)16-5-4-6-17(13-16)26-3/h4-6,13,25H,7-12,14-15H2,1-3H3,(H,21,24)/t19-/m0/s1. The van der Waals surface area contributed by atoms with Gasteiger partial charge in [-0.25, -0.2) is 0 Å². The number of rotatable bonds is 5. The lowest BCUT2D eigenvalue weighted by atomic mass is 9.89. The van der Waals surface area contributed by atoms with E-state index in [4.69, 9.17) is 9.47 Å². The number of ether oxygens (including phenoxy) is 2. The van der Waals surface area contributed by atoms with Crippen LogP contribution in [0.3, 0.4) is 0 Å². The van der Waals surface area contributed by atoms with Crippen LogP contribution in [0.25, 0.3) is 0 Å². The van der Waals surface area contributed by atoms with Crippen LogP contribution in [0.5, 0.6) is 5.75 Å². The van der Waals surface area contributed by atoms with Gasteiger partial charge in [0, 0.05) is 51.5 Å². The van der Waals surface area contributed by atoms with Crippen molar-refractivity contribution in [1.29, 1.82) is 0 Å². The predicted molar refractivity (Wildman–Crippen MR) is 104 cm³/mol. The lowest BCUT2D eigenvalue weighted by Crippen LogP contribution is -2.61. The number of aliphatic hydroxyl groups is 1. The van der Waals surface area contributed by atoms with E-state index in [0.717, 1.165) is 31.1 Å². The average Bonchev–Trinajstić information content (AvgIpc) is 2.67. The number of hydrogen-bond donors (Lipinski definition) is 2. The van der Waals surface area contributed by atoms with E-state index >= 15 is 0 Å². The van der Waals surface area contributed by atoms with Crippen molar-refractivity contribution in [3.05, 3.63) is 24.3 Å². The molecule has 1 atom stereocenters. The molecule has 2 N–H and O–H groups in total. The van der Waals surface area contributed by atoms with E-state index < -0.39 is 11.2 Å². The van der Waals surface area contributed by atoms with Gasteiger partial charge in [0.1, 0.15) is 5.75 Å². The Bertz CT molecular complexity index is 660. The normalized spacial score (nSPS) is 25.9. The van der Waals surface area contributed by atoms with E-state index in [-0.39, 0.29) is 5.91 Å². The number of piperidine rings is 1. The van der Waals surface area contributed by atoms with Crippen LogP contribution in [0, 0.1) is 0 Å². The summed E-state index contributed by atoms with van der Waals surface area (Å²) in [6.45, 7) is 5.68. The first-order valence-electron chi connectivity index (χ1n) is 9.57. The second kappa shape index (κ2) is 8.04. The van der Waals surface area contributed by atoms with Crippen LogP contribution in [0.4, 0.5) is 5.69 Å². The number of hydrogen-bond acceptors (Lipinski definition) is 6. The third-order valence-electron chi connectivity index (χ3n) is 5.69. The van der Waals surface area contributed by atoms with Crippen LogP contribution in [0.2, 0.25) is 0 Å². The molecule has 0 unspecified atom stereocenters. The van der Waals surface area contributed by atoms with Gasteiger partial charge in [-0.05, 0) is 31.9 Å². The maximum absolute atomic E-state index is 12.1. The van der Waals surface area contributed by atoms with Gasteiger partial charge in [-0.2, -0.15) is 0 Å². The minimum absolute atomic E-state index is 0.118. The van der Waals surface area contributed by atoms with E-state index in [1.54, 1.807) is 14.2 Å². The first-order chi connectivity index (χ1) is 12.9. The fourth-order valence-electron chi connectivity index (χ4n) is 4.05. The number of morpholine rings is 1. The number of anilines is 1. The summed E-state index contributed by atoms with van der Waals surface area (Å²) >= 11 is 0.